The summed E-state index contributed by atoms with van der Waals surface area (Å²) in [5, 5.41) is 4.09. The molecule has 0 saturated carbocycles. The molecule has 2 heterocycles. The van der Waals surface area contributed by atoms with E-state index in [1.165, 1.54) is 6.33 Å². The number of benzene rings is 2. The van der Waals surface area contributed by atoms with Crippen LogP contribution in [0.3, 0.4) is 0 Å². The van der Waals surface area contributed by atoms with Gasteiger partial charge < -0.3 is 19.8 Å². The van der Waals surface area contributed by atoms with Crippen molar-refractivity contribution < 1.29 is 9.47 Å². The normalized spacial score (nSPS) is 12.0. The Labute approximate surface area is 179 Å². The van der Waals surface area contributed by atoms with Gasteiger partial charge in [-0.05, 0) is 43.2 Å². The summed E-state index contributed by atoms with van der Waals surface area (Å²) in [4.78, 5) is 15.8. The van der Waals surface area contributed by atoms with Crippen LogP contribution in [-0.2, 0) is 0 Å². The van der Waals surface area contributed by atoms with Crippen LogP contribution in [0.2, 0.25) is 5.02 Å². The average molecular weight is 424 g/mol. The van der Waals surface area contributed by atoms with Gasteiger partial charge in [0, 0.05) is 16.1 Å². The minimum Gasteiger partial charge on any atom is -0.497 e. The summed E-state index contributed by atoms with van der Waals surface area (Å²) in [6.07, 6.45) is 3.08. The number of aromatic nitrogens is 4. The molecule has 0 saturated heterocycles. The number of nitrogens with one attached hydrogen (secondary N) is 2. The Kier molecular flexibility index (Phi) is 5.46. The van der Waals surface area contributed by atoms with Crippen molar-refractivity contribution in [2.24, 2.45) is 0 Å². The molecular formula is C22H22ClN5O2. The highest BCUT2D eigenvalue weighted by Crippen LogP contribution is 2.43. The lowest BCUT2D eigenvalue weighted by Gasteiger charge is -2.23. The lowest BCUT2D eigenvalue weighted by Crippen LogP contribution is -2.11. The van der Waals surface area contributed by atoms with E-state index in [0.29, 0.717) is 16.5 Å². The maximum Gasteiger partial charge on any atom is 0.182 e. The Morgan fingerprint density at radius 1 is 1.07 bits per heavy atom. The van der Waals surface area contributed by atoms with Crippen molar-refractivity contribution in [2.75, 3.05) is 19.5 Å². The zero-order chi connectivity index (χ0) is 21.3. The summed E-state index contributed by atoms with van der Waals surface area (Å²) >= 11 is 6.63. The first kappa shape index (κ1) is 20.0. The maximum atomic E-state index is 6.63. The average Bonchev–Trinajstić information content (AvgIpc) is 3.25. The van der Waals surface area contributed by atoms with Crippen LogP contribution in [0.1, 0.15) is 24.1 Å². The maximum absolute atomic E-state index is 6.63. The highest BCUT2D eigenvalue weighted by atomic mass is 35.5. The van der Waals surface area contributed by atoms with Gasteiger partial charge in [0.2, 0.25) is 0 Å². The molecule has 0 amide bonds. The number of ether oxygens (including phenoxy) is 2. The summed E-state index contributed by atoms with van der Waals surface area (Å²) < 4.78 is 11.2. The van der Waals surface area contributed by atoms with Crippen molar-refractivity contribution in [3.05, 3.63) is 59.1 Å². The number of anilines is 1. The van der Waals surface area contributed by atoms with Crippen molar-refractivity contribution in [1.29, 1.82) is 0 Å². The summed E-state index contributed by atoms with van der Waals surface area (Å²) in [7, 11) is 3.32. The van der Waals surface area contributed by atoms with Gasteiger partial charge in [-0.1, -0.05) is 23.7 Å². The predicted molar refractivity (Wildman–Crippen MR) is 118 cm³/mol. The molecule has 4 aromatic rings. The van der Waals surface area contributed by atoms with E-state index in [1.54, 1.807) is 20.5 Å². The number of halogens is 1. The molecule has 0 bridgehead atoms. The van der Waals surface area contributed by atoms with E-state index < -0.39 is 0 Å². The van der Waals surface area contributed by atoms with Crippen LogP contribution in [0.4, 0.5) is 5.82 Å². The van der Waals surface area contributed by atoms with E-state index in [0.717, 1.165) is 39.3 Å². The molecule has 0 aliphatic carbocycles. The molecule has 1 atom stereocenters. The fourth-order valence-electron chi connectivity index (χ4n) is 3.55. The molecule has 0 fully saturated rings. The van der Waals surface area contributed by atoms with Gasteiger partial charge >= 0.3 is 0 Å². The van der Waals surface area contributed by atoms with Gasteiger partial charge in [-0.25, -0.2) is 15.0 Å². The van der Waals surface area contributed by atoms with Gasteiger partial charge in [-0.15, -0.1) is 0 Å². The van der Waals surface area contributed by atoms with Gasteiger partial charge in [-0.2, -0.15) is 0 Å². The van der Waals surface area contributed by atoms with E-state index in [1.807, 2.05) is 44.2 Å². The minimum absolute atomic E-state index is 0.142. The molecule has 0 aliphatic heterocycles. The minimum atomic E-state index is -0.142. The molecule has 0 aliphatic rings. The lowest BCUT2D eigenvalue weighted by molar-refractivity contribution is 0.409. The first-order chi connectivity index (χ1) is 14.5. The van der Waals surface area contributed by atoms with Crippen LogP contribution in [-0.4, -0.2) is 34.2 Å². The third-order valence-corrected chi connectivity index (χ3v) is 5.52. The van der Waals surface area contributed by atoms with Crippen molar-refractivity contribution in [3.63, 3.8) is 0 Å². The second-order valence-corrected chi connectivity index (χ2v) is 7.31. The Morgan fingerprint density at radius 3 is 2.53 bits per heavy atom. The summed E-state index contributed by atoms with van der Waals surface area (Å²) in [6, 6.07) is 9.64. The van der Waals surface area contributed by atoms with E-state index in [4.69, 9.17) is 21.1 Å². The second kappa shape index (κ2) is 8.20. The summed E-state index contributed by atoms with van der Waals surface area (Å²) in [5.41, 5.74) is 5.17. The molecule has 0 radical (unpaired) electrons. The highest BCUT2D eigenvalue weighted by molar-refractivity contribution is 6.32. The number of nitrogens with zero attached hydrogens (tertiary/aromatic N) is 3. The molecular weight excluding hydrogens is 402 g/mol. The fourth-order valence-corrected chi connectivity index (χ4v) is 3.76. The molecule has 2 N–H and O–H groups in total. The van der Waals surface area contributed by atoms with Crippen LogP contribution < -0.4 is 14.8 Å². The Bertz CT molecular complexity index is 1190. The van der Waals surface area contributed by atoms with Crippen molar-refractivity contribution in [2.45, 2.75) is 19.9 Å². The van der Waals surface area contributed by atoms with Gasteiger partial charge in [0.25, 0.3) is 0 Å². The van der Waals surface area contributed by atoms with Gasteiger partial charge in [-0.3, -0.25) is 0 Å². The third kappa shape index (κ3) is 3.52. The van der Waals surface area contributed by atoms with E-state index in [-0.39, 0.29) is 6.04 Å². The van der Waals surface area contributed by atoms with Gasteiger partial charge in [0.1, 0.15) is 23.3 Å². The molecule has 8 heteroatoms. The van der Waals surface area contributed by atoms with Gasteiger partial charge in [0.05, 0.1) is 26.6 Å². The smallest absolute Gasteiger partial charge is 0.182 e. The first-order valence-electron chi connectivity index (χ1n) is 9.45. The summed E-state index contributed by atoms with van der Waals surface area (Å²) in [6.45, 7) is 4.02. The largest absolute Gasteiger partial charge is 0.497 e. The molecule has 0 spiro atoms. The molecule has 4 rings (SSSR count). The van der Waals surface area contributed by atoms with Crippen LogP contribution >= 0.6 is 11.6 Å². The van der Waals surface area contributed by atoms with Crippen molar-refractivity contribution in [3.8, 4) is 22.6 Å². The predicted octanol–water partition coefficient (Wildman–Crippen LogP) is 5.17. The molecule has 2 aromatic carbocycles. The number of aromatic amines is 1. The highest BCUT2D eigenvalue weighted by Gasteiger charge is 2.22. The van der Waals surface area contributed by atoms with Crippen molar-refractivity contribution >= 4 is 28.6 Å². The number of hydrogen-bond acceptors (Lipinski definition) is 6. The van der Waals surface area contributed by atoms with Crippen LogP contribution in [0.5, 0.6) is 11.5 Å². The van der Waals surface area contributed by atoms with E-state index in [9.17, 15) is 0 Å². The van der Waals surface area contributed by atoms with Crippen molar-refractivity contribution in [1.82, 2.24) is 19.9 Å². The number of rotatable bonds is 6. The molecule has 30 heavy (non-hydrogen) atoms. The Balaban J connectivity index is 1.79. The number of H-pyrrole nitrogens is 1. The first-order valence-corrected chi connectivity index (χ1v) is 9.83. The summed E-state index contributed by atoms with van der Waals surface area (Å²) in [5.74, 6) is 2.21. The second-order valence-electron chi connectivity index (χ2n) is 6.90. The lowest BCUT2D eigenvalue weighted by atomic mass is 9.93. The van der Waals surface area contributed by atoms with Crippen LogP contribution in [0.15, 0.2) is 43.0 Å². The van der Waals surface area contributed by atoms with Gasteiger partial charge in [0.15, 0.2) is 11.5 Å². The SMILES string of the molecule is COc1ccc(-c2c(C)c(Cl)cc(C(C)Nc3ncnc4nc[nH]c34)c2OC)cc1. The van der Waals surface area contributed by atoms with E-state index in [2.05, 4.69) is 25.3 Å². The quantitative estimate of drug-likeness (QED) is 0.445. The third-order valence-electron chi connectivity index (χ3n) is 5.13. The zero-order valence-electron chi connectivity index (χ0n) is 17.2. The topological polar surface area (TPSA) is 85.0 Å². The van der Waals surface area contributed by atoms with Crippen LogP contribution in [0, 0.1) is 6.92 Å². The molecule has 1 unspecified atom stereocenters. The zero-order valence-corrected chi connectivity index (χ0v) is 17.9. The molecule has 154 valence electrons. The monoisotopic (exact) mass is 423 g/mol. The number of fused-ring (bicyclic) bond motifs is 1. The number of methoxy groups -OCH3 is 2. The molecule has 7 nitrogen and oxygen atoms in total. The van der Waals surface area contributed by atoms with E-state index >= 15 is 0 Å². The Hall–Kier alpha value is -3.32. The number of hydrogen-bond donors (Lipinski definition) is 2. The van der Waals surface area contributed by atoms with Crippen LogP contribution in [0.25, 0.3) is 22.3 Å². The standard InChI is InChI=1S/C22H22ClN5O2/c1-12-17(23)9-16(13(2)28-22-19-21(25-10-24-19)26-11-27-22)20(30-4)18(12)14-5-7-15(29-3)8-6-14/h5-11,13H,1-4H3,(H2,24,25,26,27,28). The molecule has 2 aromatic heterocycles. The fraction of sp³-hybridized carbons (Fsp3) is 0.227. The Morgan fingerprint density at radius 2 is 1.83 bits per heavy atom. The number of imidazole rings is 1.